The van der Waals surface area contributed by atoms with Gasteiger partial charge in [-0.3, -0.25) is 4.79 Å². The molecule has 1 aliphatic rings. The summed E-state index contributed by atoms with van der Waals surface area (Å²) >= 11 is 0. The molecule has 4 rings (SSSR count). The molecular weight excluding hydrogens is 452 g/mol. The second kappa shape index (κ2) is 13.4. The van der Waals surface area contributed by atoms with Crippen molar-refractivity contribution in [3.63, 3.8) is 0 Å². The van der Waals surface area contributed by atoms with E-state index in [1.165, 1.54) is 25.9 Å². The molecule has 0 amide bonds. The minimum atomic E-state index is 0.143. The highest BCUT2D eigenvalue weighted by atomic mass is 16.5. The van der Waals surface area contributed by atoms with Crippen LogP contribution < -0.4 is 10.6 Å². The Bertz CT molecular complexity index is 1230. The molecule has 2 N–H and O–H groups in total. The average Bonchev–Trinajstić information content (AvgIpc) is 2.92. The lowest BCUT2D eigenvalue weighted by Gasteiger charge is -2.28. The van der Waals surface area contributed by atoms with Crippen LogP contribution in [-0.4, -0.2) is 68.0 Å². The van der Waals surface area contributed by atoms with Crippen LogP contribution in [-0.2, 0) is 11.3 Å². The van der Waals surface area contributed by atoms with Gasteiger partial charge in [-0.1, -0.05) is 30.8 Å². The second-order valence-electron chi connectivity index (χ2n) is 8.82. The number of aromatic nitrogens is 2. The highest BCUT2D eigenvalue weighted by molar-refractivity contribution is 5.98. The first kappa shape index (κ1) is 27.0. The Morgan fingerprint density at radius 2 is 2.03 bits per heavy atom. The number of piperidine rings is 1. The van der Waals surface area contributed by atoms with E-state index in [0.29, 0.717) is 30.7 Å². The molecule has 2 heterocycles. The number of aldehydes is 1. The molecule has 2 aromatic carbocycles. The molecule has 3 aromatic rings. The van der Waals surface area contributed by atoms with E-state index in [1.807, 2.05) is 36.4 Å². The summed E-state index contributed by atoms with van der Waals surface area (Å²) in [6.45, 7) is 7.02. The Balaban J connectivity index is 0.000000338. The van der Waals surface area contributed by atoms with Crippen LogP contribution in [0.1, 0.15) is 29.0 Å². The first-order chi connectivity index (χ1) is 17.5. The van der Waals surface area contributed by atoms with E-state index in [4.69, 9.17) is 10.00 Å². The summed E-state index contributed by atoms with van der Waals surface area (Å²) in [6.07, 6.45) is 4.81. The molecule has 188 valence electrons. The topological polar surface area (TPSA) is 103 Å². The summed E-state index contributed by atoms with van der Waals surface area (Å²) in [6, 6.07) is 14.6. The van der Waals surface area contributed by atoms with Gasteiger partial charge >= 0.3 is 0 Å². The lowest BCUT2D eigenvalue weighted by molar-refractivity contribution is 0.111. The maximum Gasteiger partial charge on any atom is 0.193 e. The Labute approximate surface area is 213 Å². The van der Waals surface area contributed by atoms with Gasteiger partial charge in [0.25, 0.3) is 0 Å². The molecule has 0 spiro atoms. The van der Waals surface area contributed by atoms with Crippen LogP contribution in [0.15, 0.2) is 54.7 Å². The van der Waals surface area contributed by atoms with Gasteiger partial charge in [0.2, 0.25) is 0 Å². The number of fused-ring (bicyclic) bond motifs is 1. The number of likely N-dealkylation sites (tertiary alicyclic amines) is 1. The van der Waals surface area contributed by atoms with Crippen LogP contribution in [0.25, 0.3) is 22.0 Å². The molecule has 0 saturated carbocycles. The molecule has 1 saturated heterocycles. The number of nitrogens with one attached hydrogen (secondary N) is 2. The summed E-state index contributed by atoms with van der Waals surface area (Å²) in [7, 11) is 5.88. The number of hydrogen-bond donors (Lipinski definition) is 2. The average molecular weight is 487 g/mol. The van der Waals surface area contributed by atoms with Gasteiger partial charge in [-0.25, -0.2) is 9.97 Å². The highest BCUT2D eigenvalue weighted by Crippen LogP contribution is 2.32. The predicted octanol–water partition coefficient (Wildman–Crippen LogP) is 4.05. The monoisotopic (exact) mass is 486 g/mol. The van der Waals surface area contributed by atoms with Crippen molar-refractivity contribution in [1.82, 2.24) is 20.2 Å². The van der Waals surface area contributed by atoms with Gasteiger partial charge < -0.3 is 20.3 Å². The summed E-state index contributed by atoms with van der Waals surface area (Å²) in [5, 5.41) is 17.6. The van der Waals surface area contributed by atoms with Gasteiger partial charge in [-0.05, 0) is 57.5 Å². The molecule has 8 nitrogen and oxygen atoms in total. The fourth-order valence-corrected chi connectivity index (χ4v) is 4.13. The van der Waals surface area contributed by atoms with Crippen molar-refractivity contribution in [1.29, 1.82) is 5.26 Å². The zero-order chi connectivity index (χ0) is 25.9. The first-order valence-electron chi connectivity index (χ1n) is 12.0. The van der Waals surface area contributed by atoms with Crippen LogP contribution in [0, 0.1) is 11.3 Å². The number of methoxy groups -OCH3 is 1. The van der Waals surface area contributed by atoms with E-state index in [1.54, 1.807) is 19.4 Å². The third-order valence-electron chi connectivity index (χ3n) is 6.25. The van der Waals surface area contributed by atoms with E-state index in [-0.39, 0.29) is 5.82 Å². The van der Waals surface area contributed by atoms with E-state index in [9.17, 15) is 4.79 Å². The van der Waals surface area contributed by atoms with Crippen molar-refractivity contribution >= 4 is 22.7 Å². The maximum absolute atomic E-state index is 11.0. The molecule has 1 fully saturated rings. The largest absolute Gasteiger partial charge is 0.380 e. The number of carbonyl (C=O) groups is 1. The second-order valence-corrected chi connectivity index (χ2v) is 8.82. The van der Waals surface area contributed by atoms with Crippen LogP contribution in [0.3, 0.4) is 0 Å². The maximum atomic E-state index is 11.0. The SMILES string of the molecule is C=C(C#N)CNc1c(COC)ccc2ccc(-c3ccnc(C=O)n3)cc12.CNC1CCN(C)CC1. The number of nitriles is 1. The molecule has 0 atom stereocenters. The molecule has 36 heavy (non-hydrogen) atoms. The van der Waals surface area contributed by atoms with Gasteiger partial charge in [0.05, 0.1) is 18.4 Å². The Morgan fingerprint density at radius 3 is 2.69 bits per heavy atom. The standard InChI is InChI=1S/C21H18N4O2.C7H16N2/c1-14(10-22)11-24-21-17(13-27-2)6-4-15-3-5-16(9-18(15)21)19-7-8-23-20(12-26)25-19;1-8-7-3-5-9(2)6-4-7/h3-9,12,24H,1,11,13H2,2H3;7-8H,3-6H2,1-2H3. The predicted molar refractivity (Wildman–Crippen MR) is 144 cm³/mol. The van der Waals surface area contributed by atoms with Crippen molar-refractivity contribution in [2.45, 2.75) is 25.5 Å². The van der Waals surface area contributed by atoms with Gasteiger partial charge in [0.1, 0.15) is 0 Å². The number of rotatable bonds is 8. The Hall–Kier alpha value is -3.64. The van der Waals surface area contributed by atoms with Gasteiger partial charge in [0.15, 0.2) is 12.1 Å². The van der Waals surface area contributed by atoms with Crippen LogP contribution >= 0.6 is 0 Å². The van der Waals surface area contributed by atoms with Crippen molar-refractivity contribution in [2.75, 3.05) is 46.2 Å². The first-order valence-corrected chi connectivity index (χ1v) is 12.0. The van der Waals surface area contributed by atoms with Crippen molar-refractivity contribution in [3.05, 3.63) is 66.1 Å². The van der Waals surface area contributed by atoms with E-state index >= 15 is 0 Å². The van der Waals surface area contributed by atoms with Gasteiger partial charge in [0, 0.05) is 53.7 Å². The zero-order valence-corrected chi connectivity index (χ0v) is 21.3. The van der Waals surface area contributed by atoms with E-state index in [2.05, 4.69) is 46.2 Å². The quantitative estimate of drug-likeness (QED) is 0.363. The smallest absolute Gasteiger partial charge is 0.193 e. The number of benzene rings is 2. The number of carbonyl (C=O) groups excluding carboxylic acids is 1. The minimum absolute atomic E-state index is 0.143. The van der Waals surface area contributed by atoms with E-state index in [0.717, 1.165) is 33.6 Å². The molecule has 0 bridgehead atoms. The zero-order valence-electron chi connectivity index (χ0n) is 21.3. The number of hydrogen-bond acceptors (Lipinski definition) is 8. The van der Waals surface area contributed by atoms with Gasteiger partial charge in [-0.2, -0.15) is 5.26 Å². The lowest BCUT2D eigenvalue weighted by atomic mass is 10.00. The molecule has 0 unspecified atom stereocenters. The van der Waals surface area contributed by atoms with Crippen LogP contribution in [0.4, 0.5) is 5.69 Å². The van der Waals surface area contributed by atoms with E-state index < -0.39 is 0 Å². The third kappa shape index (κ3) is 7.18. The van der Waals surface area contributed by atoms with Crippen LogP contribution in [0.2, 0.25) is 0 Å². The molecule has 0 radical (unpaired) electrons. The molecule has 1 aromatic heterocycles. The highest BCUT2D eigenvalue weighted by Gasteiger charge is 2.13. The molecule has 0 aliphatic carbocycles. The summed E-state index contributed by atoms with van der Waals surface area (Å²) in [5.41, 5.74) is 3.84. The number of anilines is 1. The number of nitrogens with zero attached hydrogens (tertiary/aromatic N) is 4. The Morgan fingerprint density at radius 1 is 1.28 bits per heavy atom. The fraction of sp³-hybridized carbons (Fsp3) is 0.357. The Kier molecular flexibility index (Phi) is 10.1. The minimum Gasteiger partial charge on any atom is -0.380 e. The molecule has 1 aliphatic heterocycles. The normalized spacial score (nSPS) is 13.9. The van der Waals surface area contributed by atoms with Crippen molar-refractivity contribution in [3.8, 4) is 17.3 Å². The lowest BCUT2D eigenvalue weighted by Crippen LogP contribution is -2.39. The fourth-order valence-electron chi connectivity index (χ4n) is 4.13. The van der Waals surface area contributed by atoms with Crippen molar-refractivity contribution < 1.29 is 9.53 Å². The van der Waals surface area contributed by atoms with Crippen LogP contribution in [0.5, 0.6) is 0 Å². The number of ether oxygens (including phenoxy) is 1. The summed E-state index contributed by atoms with van der Waals surface area (Å²) in [5.74, 6) is 0.143. The molecule has 8 heteroatoms. The summed E-state index contributed by atoms with van der Waals surface area (Å²) in [4.78, 5) is 21.5. The molecular formula is C28H34N6O2. The summed E-state index contributed by atoms with van der Waals surface area (Å²) < 4.78 is 5.31. The third-order valence-corrected chi connectivity index (χ3v) is 6.25. The van der Waals surface area contributed by atoms with Crippen molar-refractivity contribution in [2.24, 2.45) is 0 Å². The van der Waals surface area contributed by atoms with Gasteiger partial charge in [-0.15, -0.1) is 0 Å².